The Morgan fingerprint density at radius 2 is 2.18 bits per heavy atom. The van der Waals surface area contributed by atoms with Gasteiger partial charge in [-0.3, -0.25) is 0 Å². The third-order valence-electron chi connectivity index (χ3n) is 2.55. The predicted molar refractivity (Wildman–Crippen MR) is 84.5 cm³/mol. The summed E-state index contributed by atoms with van der Waals surface area (Å²) in [6, 6.07) is 6.62. The van der Waals surface area contributed by atoms with Gasteiger partial charge in [-0.2, -0.15) is 0 Å². The number of aliphatic hydroxyl groups is 1. The molecule has 1 heterocycles. The van der Waals surface area contributed by atoms with E-state index in [4.69, 9.17) is 9.47 Å². The molecule has 0 bridgehead atoms. The number of aromatic nitrogens is 2. The Hall–Kier alpha value is -1.64. The van der Waals surface area contributed by atoms with Gasteiger partial charge in [0.15, 0.2) is 4.34 Å². The van der Waals surface area contributed by atoms with E-state index in [9.17, 15) is 9.90 Å². The van der Waals surface area contributed by atoms with Crippen LogP contribution in [0.2, 0.25) is 0 Å². The molecule has 0 radical (unpaired) electrons. The minimum absolute atomic E-state index is 0.171. The number of thioether (sulfide) groups is 1. The summed E-state index contributed by atoms with van der Waals surface area (Å²) in [7, 11) is 0. The predicted octanol–water partition coefficient (Wildman–Crippen LogP) is 2.25. The number of ether oxygens (including phenoxy) is 2. The Morgan fingerprint density at radius 1 is 1.41 bits per heavy atom. The van der Waals surface area contributed by atoms with Gasteiger partial charge in [0.2, 0.25) is 0 Å². The highest BCUT2D eigenvalue weighted by atomic mass is 32.2. The fraction of sp³-hybridized carbons (Fsp3) is 0.357. The van der Waals surface area contributed by atoms with E-state index in [1.165, 1.54) is 23.1 Å². The first-order valence-electron chi connectivity index (χ1n) is 6.66. The van der Waals surface area contributed by atoms with Crippen LogP contribution in [0.4, 0.5) is 0 Å². The smallest absolute Gasteiger partial charge is 0.338 e. The molecule has 0 saturated carbocycles. The van der Waals surface area contributed by atoms with Crippen LogP contribution in [0.3, 0.4) is 0 Å². The lowest BCUT2D eigenvalue weighted by Gasteiger charge is -2.11. The zero-order chi connectivity index (χ0) is 15.8. The summed E-state index contributed by atoms with van der Waals surface area (Å²) in [5.74, 6) is 0.714. The van der Waals surface area contributed by atoms with E-state index >= 15 is 0 Å². The molecule has 0 fully saturated rings. The Bertz CT molecular complexity index is 575. The van der Waals surface area contributed by atoms with Gasteiger partial charge in [-0.15, -0.1) is 10.2 Å². The van der Waals surface area contributed by atoms with Crippen molar-refractivity contribution in [2.45, 2.75) is 17.4 Å². The number of rotatable bonds is 8. The zero-order valence-corrected chi connectivity index (χ0v) is 13.6. The molecule has 2 aromatic rings. The highest BCUT2D eigenvalue weighted by Crippen LogP contribution is 2.20. The van der Waals surface area contributed by atoms with E-state index in [1.807, 2.05) is 0 Å². The highest BCUT2D eigenvalue weighted by Gasteiger charge is 2.09. The first-order valence-corrected chi connectivity index (χ1v) is 8.52. The van der Waals surface area contributed by atoms with E-state index in [0.717, 1.165) is 4.34 Å². The van der Waals surface area contributed by atoms with Gasteiger partial charge in [0.25, 0.3) is 0 Å². The summed E-state index contributed by atoms with van der Waals surface area (Å²) >= 11 is 2.87. The maximum absolute atomic E-state index is 11.5. The van der Waals surface area contributed by atoms with Crippen molar-refractivity contribution >= 4 is 29.1 Å². The Morgan fingerprint density at radius 3 is 2.82 bits per heavy atom. The van der Waals surface area contributed by atoms with Crippen molar-refractivity contribution < 1.29 is 19.4 Å². The van der Waals surface area contributed by atoms with Crippen LogP contribution in [0.15, 0.2) is 34.1 Å². The maximum atomic E-state index is 11.5. The average molecular weight is 340 g/mol. The number of hydrogen-bond donors (Lipinski definition) is 1. The third kappa shape index (κ3) is 5.28. The lowest BCUT2D eigenvalue weighted by Crippen LogP contribution is -2.20. The molecule has 1 aromatic carbocycles. The average Bonchev–Trinajstić information content (AvgIpc) is 3.05. The van der Waals surface area contributed by atoms with Gasteiger partial charge < -0.3 is 14.6 Å². The van der Waals surface area contributed by atoms with Gasteiger partial charge in [-0.1, -0.05) is 23.1 Å². The van der Waals surface area contributed by atoms with E-state index < -0.39 is 6.10 Å². The van der Waals surface area contributed by atoms with Crippen LogP contribution in [0.5, 0.6) is 5.75 Å². The molecule has 0 amide bonds. The molecule has 8 heteroatoms. The first kappa shape index (κ1) is 16.7. The van der Waals surface area contributed by atoms with Crippen molar-refractivity contribution in [1.29, 1.82) is 0 Å². The fourth-order valence-corrected chi connectivity index (χ4v) is 2.96. The normalized spacial score (nSPS) is 11.9. The molecule has 0 saturated heterocycles. The molecular weight excluding hydrogens is 324 g/mol. The van der Waals surface area contributed by atoms with Crippen molar-refractivity contribution in [2.75, 3.05) is 19.0 Å². The third-order valence-corrected chi connectivity index (χ3v) is 4.55. The molecule has 0 aliphatic rings. The molecule has 22 heavy (non-hydrogen) atoms. The lowest BCUT2D eigenvalue weighted by molar-refractivity contribution is 0.0526. The SMILES string of the molecule is CCOC(=O)c1ccc(OC[C@@H](O)CSc2nncs2)cc1. The molecule has 1 aromatic heterocycles. The zero-order valence-electron chi connectivity index (χ0n) is 12.0. The summed E-state index contributed by atoms with van der Waals surface area (Å²) in [6.45, 7) is 2.27. The summed E-state index contributed by atoms with van der Waals surface area (Å²) in [5, 5.41) is 17.5. The van der Waals surface area contributed by atoms with Crippen molar-refractivity contribution in [3.05, 3.63) is 35.3 Å². The number of hydrogen-bond acceptors (Lipinski definition) is 8. The number of aliphatic hydroxyl groups excluding tert-OH is 1. The molecule has 0 spiro atoms. The van der Waals surface area contributed by atoms with E-state index in [2.05, 4.69) is 10.2 Å². The molecular formula is C14H16N2O4S2. The van der Waals surface area contributed by atoms with Crippen molar-refractivity contribution in [1.82, 2.24) is 10.2 Å². The molecule has 0 unspecified atom stereocenters. The number of carbonyl (C=O) groups is 1. The van der Waals surface area contributed by atoms with Crippen LogP contribution in [0, 0.1) is 0 Å². The molecule has 1 atom stereocenters. The summed E-state index contributed by atoms with van der Waals surface area (Å²) in [6.07, 6.45) is -0.612. The van der Waals surface area contributed by atoms with Crippen LogP contribution in [-0.4, -0.2) is 46.3 Å². The minimum Gasteiger partial charge on any atom is -0.491 e. The van der Waals surface area contributed by atoms with Crippen molar-refractivity contribution in [2.24, 2.45) is 0 Å². The number of nitrogens with zero attached hydrogens (tertiary/aromatic N) is 2. The summed E-state index contributed by atoms with van der Waals surface area (Å²) in [5.41, 5.74) is 2.12. The Kier molecular flexibility index (Phi) is 6.63. The monoisotopic (exact) mass is 340 g/mol. The number of carbonyl (C=O) groups excluding carboxylic acids is 1. The molecule has 1 N–H and O–H groups in total. The summed E-state index contributed by atoms with van der Waals surface area (Å²) < 4.78 is 11.2. The molecule has 6 nitrogen and oxygen atoms in total. The lowest BCUT2D eigenvalue weighted by atomic mass is 10.2. The van der Waals surface area contributed by atoms with E-state index in [-0.39, 0.29) is 12.6 Å². The first-order chi connectivity index (χ1) is 10.7. The standard InChI is InChI=1S/C14H16N2O4S2/c1-2-19-13(18)10-3-5-12(6-4-10)20-7-11(17)8-21-14-16-15-9-22-14/h3-6,9,11,17H,2,7-8H2,1H3/t11-/m1/s1. The highest BCUT2D eigenvalue weighted by molar-refractivity contribution is 8.01. The van der Waals surface area contributed by atoms with Crippen LogP contribution in [-0.2, 0) is 4.74 Å². The maximum Gasteiger partial charge on any atom is 0.338 e. The number of benzene rings is 1. The van der Waals surface area contributed by atoms with E-state index in [0.29, 0.717) is 23.7 Å². The Labute approximate surface area is 136 Å². The topological polar surface area (TPSA) is 81.5 Å². The van der Waals surface area contributed by atoms with Gasteiger partial charge in [0.05, 0.1) is 18.3 Å². The fourth-order valence-electron chi connectivity index (χ4n) is 1.54. The second-order valence-electron chi connectivity index (χ2n) is 4.23. The Balaban J connectivity index is 1.75. The van der Waals surface area contributed by atoms with Gasteiger partial charge in [-0.25, -0.2) is 4.79 Å². The van der Waals surface area contributed by atoms with Crippen LogP contribution in [0.25, 0.3) is 0 Å². The molecule has 0 aliphatic heterocycles. The molecule has 0 aliphatic carbocycles. The summed E-state index contributed by atoms with van der Waals surface area (Å²) in [4.78, 5) is 11.5. The molecule has 2 rings (SSSR count). The molecule has 118 valence electrons. The minimum atomic E-state index is -0.612. The van der Waals surface area contributed by atoms with Gasteiger partial charge >= 0.3 is 5.97 Å². The second-order valence-corrected chi connectivity index (χ2v) is 6.33. The van der Waals surface area contributed by atoms with Crippen LogP contribution >= 0.6 is 23.1 Å². The van der Waals surface area contributed by atoms with Crippen LogP contribution in [0.1, 0.15) is 17.3 Å². The number of esters is 1. The largest absolute Gasteiger partial charge is 0.491 e. The van der Waals surface area contributed by atoms with Crippen molar-refractivity contribution in [3.63, 3.8) is 0 Å². The van der Waals surface area contributed by atoms with E-state index in [1.54, 1.807) is 36.7 Å². The quantitative estimate of drug-likeness (QED) is 0.583. The van der Waals surface area contributed by atoms with Gasteiger partial charge in [-0.05, 0) is 31.2 Å². The van der Waals surface area contributed by atoms with Crippen molar-refractivity contribution in [3.8, 4) is 5.75 Å². The second kappa shape index (κ2) is 8.72. The van der Waals surface area contributed by atoms with Crippen LogP contribution < -0.4 is 4.74 Å². The van der Waals surface area contributed by atoms with Gasteiger partial charge in [0, 0.05) is 5.75 Å². The van der Waals surface area contributed by atoms with Gasteiger partial charge in [0.1, 0.15) is 17.9 Å².